The Morgan fingerprint density at radius 3 is 2.36 bits per heavy atom. The van der Waals surface area contributed by atoms with E-state index in [1.54, 1.807) is 6.08 Å². The van der Waals surface area contributed by atoms with E-state index >= 15 is 0 Å². The summed E-state index contributed by atoms with van der Waals surface area (Å²) in [5, 5.41) is 32.1. The first-order valence-corrected chi connectivity index (χ1v) is 17.7. The zero-order valence-electron chi connectivity index (χ0n) is 25.9. The second kappa shape index (κ2) is 22.7. The minimum Gasteiger partial charge on any atom is -0.394 e. The Morgan fingerprint density at radius 2 is 1.60 bits per heavy atom. The maximum absolute atomic E-state index is 12.1. The van der Waals surface area contributed by atoms with Crippen LogP contribution in [0.25, 0.3) is 0 Å². The lowest BCUT2D eigenvalue weighted by atomic mass is 10.0. The molecule has 4 amide bonds. The number of carbonyl (C=O) groups is 3. The van der Waals surface area contributed by atoms with Crippen molar-refractivity contribution in [1.82, 2.24) is 21.3 Å². The molecule has 2 heterocycles. The number of nitrogens with one attached hydrogen (secondary N) is 4. The molecule has 0 aromatic heterocycles. The lowest BCUT2D eigenvalue weighted by Crippen LogP contribution is -2.45. The summed E-state index contributed by atoms with van der Waals surface area (Å²) in [5.41, 5.74) is 0. The molecule has 0 radical (unpaired) electrons. The van der Waals surface area contributed by atoms with Gasteiger partial charge in [0.25, 0.3) is 0 Å². The Labute approximate surface area is 258 Å². The molecule has 6 N–H and O–H groups in total. The number of unbranched alkanes of at least 4 members (excludes halogenated alkanes) is 12. The Kier molecular flexibility index (Phi) is 19.7. The van der Waals surface area contributed by atoms with Crippen LogP contribution >= 0.6 is 11.8 Å². The number of amides is 4. The first-order chi connectivity index (χ1) is 20.4. The number of urea groups is 1. The number of aliphatic hydroxyl groups is 2. The van der Waals surface area contributed by atoms with Gasteiger partial charge in [-0.3, -0.25) is 9.59 Å². The summed E-state index contributed by atoms with van der Waals surface area (Å²) < 4.78 is 0. The van der Waals surface area contributed by atoms with Gasteiger partial charge in [-0.2, -0.15) is 11.8 Å². The molecule has 0 bridgehead atoms. The molecule has 2 fully saturated rings. The SMILES string of the molecule is CCCCCCCC(=O)N[C@@H](CO)[C@H](O)/C=C/CCCCCCCCCNC(=O)CCCC[C@@H]1SCC2NC(=O)NC21. The van der Waals surface area contributed by atoms with E-state index < -0.39 is 12.1 Å². The minimum absolute atomic E-state index is 0.0452. The zero-order valence-corrected chi connectivity index (χ0v) is 26.7. The first kappa shape index (κ1) is 36.4. The van der Waals surface area contributed by atoms with Crippen LogP contribution in [0.4, 0.5) is 4.79 Å². The monoisotopic (exact) mass is 610 g/mol. The Morgan fingerprint density at radius 1 is 0.929 bits per heavy atom. The number of rotatable bonds is 25. The van der Waals surface area contributed by atoms with Crippen LogP contribution in [-0.2, 0) is 9.59 Å². The third-order valence-electron chi connectivity index (χ3n) is 8.25. The van der Waals surface area contributed by atoms with Crippen molar-refractivity contribution < 1.29 is 24.6 Å². The number of carbonyl (C=O) groups excluding carboxylic acids is 3. The Bertz CT molecular complexity index is 799. The van der Waals surface area contributed by atoms with E-state index in [1.165, 1.54) is 32.1 Å². The molecule has 0 aromatic rings. The van der Waals surface area contributed by atoms with Crippen LogP contribution in [0.2, 0.25) is 0 Å². The average Bonchev–Trinajstić information content (AvgIpc) is 3.53. The molecule has 0 saturated carbocycles. The molecule has 9 nitrogen and oxygen atoms in total. The fourth-order valence-corrected chi connectivity index (χ4v) is 7.18. The second-order valence-corrected chi connectivity index (χ2v) is 13.2. The van der Waals surface area contributed by atoms with E-state index in [4.69, 9.17) is 0 Å². The number of hydrogen-bond acceptors (Lipinski definition) is 6. The van der Waals surface area contributed by atoms with Gasteiger partial charge in [-0.15, -0.1) is 0 Å². The van der Waals surface area contributed by atoms with E-state index in [9.17, 15) is 24.6 Å². The summed E-state index contributed by atoms with van der Waals surface area (Å²) in [7, 11) is 0. The highest BCUT2D eigenvalue weighted by Gasteiger charge is 2.42. The number of allylic oxidation sites excluding steroid dienone is 1. The molecule has 0 aromatic carbocycles. The largest absolute Gasteiger partial charge is 0.394 e. The molecule has 5 atom stereocenters. The summed E-state index contributed by atoms with van der Waals surface area (Å²) >= 11 is 1.92. The van der Waals surface area contributed by atoms with Gasteiger partial charge in [0, 0.05) is 30.4 Å². The number of hydrogen-bond donors (Lipinski definition) is 6. The molecule has 2 rings (SSSR count). The van der Waals surface area contributed by atoms with Gasteiger partial charge in [0.2, 0.25) is 11.8 Å². The molecular formula is C32H58N4O5S. The molecule has 0 spiro atoms. The molecule has 2 saturated heterocycles. The Hall–Kier alpha value is -1.78. The first-order valence-electron chi connectivity index (χ1n) is 16.6. The standard InChI is InChI=1S/C32H58N4O5S/c1-2-3-4-10-14-21-30(40)34-25(23-37)27(38)18-13-11-8-6-5-7-9-12-17-22-33-29(39)20-16-15-19-28-31-26(24-42-28)35-32(41)36-31/h13,18,25-28,31,37-38H,2-12,14-17,19-24H2,1H3,(H,33,39)(H,34,40)(H2,35,36,41)/b18-13+/t25-,26?,27+,28-,31?/m0/s1. The quantitative estimate of drug-likeness (QED) is 0.0503. The number of fused-ring (bicyclic) bond motifs is 1. The predicted molar refractivity (Wildman–Crippen MR) is 171 cm³/mol. The summed E-state index contributed by atoms with van der Waals surface area (Å²) in [4.78, 5) is 35.6. The third-order valence-corrected chi connectivity index (χ3v) is 9.75. The third kappa shape index (κ3) is 15.6. The van der Waals surface area contributed by atoms with Crippen molar-refractivity contribution in [3.05, 3.63) is 12.2 Å². The maximum atomic E-state index is 12.1. The van der Waals surface area contributed by atoms with Gasteiger partial charge in [-0.05, 0) is 38.5 Å². The predicted octanol–water partition coefficient (Wildman–Crippen LogP) is 4.70. The fraction of sp³-hybridized carbons (Fsp3) is 0.844. The van der Waals surface area contributed by atoms with Crippen molar-refractivity contribution in [2.45, 2.75) is 152 Å². The van der Waals surface area contributed by atoms with E-state index in [0.717, 1.165) is 82.9 Å². The molecule has 0 aliphatic carbocycles. The molecule has 42 heavy (non-hydrogen) atoms. The summed E-state index contributed by atoms with van der Waals surface area (Å²) in [6.45, 7) is 2.63. The van der Waals surface area contributed by atoms with Crippen LogP contribution in [0.1, 0.15) is 122 Å². The van der Waals surface area contributed by atoms with E-state index in [1.807, 2.05) is 17.8 Å². The lowest BCUT2D eigenvalue weighted by Gasteiger charge is -2.20. The Balaban J connectivity index is 1.36. The van der Waals surface area contributed by atoms with Crippen LogP contribution in [0.15, 0.2) is 12.2 Å². The van der Waals surface area contributed by atoms with Crippen LogP contribution in [0.5, 0.6) is 0 Å². The minimum atomic E-state index is -0.876. The van der Waals surface area contributed by atoms with Gasteiger partial charge < -0.3 is 31.5 Å². The molecule has 2 aliphatic heterocycles. The smallest absolute Gasteiger partial charge is 0.315 e. The molecule has 2 aliphatic rings. The van der Waals surface area contributed by atoms with Crippen LogP contribution in [0, 0.1) is 0 Å². The highest BCUT2D eigenvalue weighted by atomic mass is 32.2. The van der Waals surface area contributed by atoms with Gasteiger partial charge in [0.1, 0.15) is 0 Å². The highest BCUT2D eigenvalue weighted by Crippen LogP contribution is 2.33. The van der Waals surface area contributed by atoms with Crippen molar-refractivity contribution in [1.29, 1.82) is 0 Å². The van der Waals surface area contributed by atoms with Gasteiger partial charge >= 0.3 is 6.03 Å². The van der Waals surface area contributed by atoms with Gasteiger partial charge in [-0.25, -0.2) is 4.79 Å². The molecule has 2 unspecified atom stereocenters. The van der Waals surface area contributed by atoms with Crippen LogP contribution in [0.3, 0.4) is 0 Å². The van der Waals surface area contributed by atoms with Crippen molar-refractivity contribution in [3.8, 4) is 0 Å². The van der Waals surface area contributed by atoms with E-state index in [0.29, 0.717) is 18.1 Å². The molecule has 242 valence electrons. The fourth-order valence-electron chi connectivity index (χ4n) is 5.64. The van der Waals surface area contributed by atoms with E-state index in [-0.39, 0.29) is 36.5 Å². The van der Waals surface area contributed by atoms with Gasteiger partial charge in [-0.1, -0.05) is 83.3 Å². The molecular weight excluding hydrogens is 552 g/mol. The summed E-state index contributed by atoms with van der Waals surface area (Å²) in [5.74, 6) is 1.02. The van der Waals surface area contributed by atoms with Crippen molar-refractivity contribution in [3.63, 3.8) is 0 Å². The summed E-state index contributed by atoms with van der Waals surface area (Å²) in [6, 6.07) is -0.189. The maximum Gasteiger partial charge on any atom is 0.315 e. The van der Waals surface area contributed by atoms with Crippen LogP contribution < -0.4 is 21.3 Å². The van der Waals surface area contributed by atoms with Crippen molar-refractivity contribution >= 4 is 29.6 Å². The van der Waals surface area contributed by atoms with Gasteiger partial charge in [0.15, 0.2) is 0 Å². The van der Waals surface area contributed by atoms with Crippen LogP contribution in [-0.4, -0.2) is 76.4 Å². The molecule has 10 heteroatoms. The normalized spacial score (nSPS) is 21.1. The zero-order chi connectivity index (χ0) is 30.4. The number of aliphatic hydroxyl groups excluding tert-OH is 2. The second-order valence-electron chi connectivity index (χ2n) is 11.9. The van der Waals surface area contributed by atoms with Gasteiger partial charge in [0.05, 0.1) is 30.8 Å². The topological polar surface area (TPSA) is 140 Å². The number of thioether (sulfide) groups is 1. The summed E-state index contributed by atoms with van der Waals surface area (Å²) in [6.07, 6.45) is 20.9. The van der Waals surface area contributed by atoms with Crippen molar-refractivity contribution in [2.24, 2.45) is 0 Å². The van der Waals surface area contributed by atoms with E-state index in [2.05, 4.69) is 28.2 Å². The lowest BCUT2D eigenvalue weighted by molar-refractivity contribution is -0.123. The average molecular weight is 611 g/mol. The highest BCUT2D eigenvalue weighted by molar-refractivity contribution is 8.00. The van der Waals surface area contributed by atoms with Crippen molar-refractivity contribution in [2.75, 3.05) is 18.9 Å².